The van der Waals surface area contributed by atoms with Crippen LogP contribution >= 0.6 is 0 Å². The number of aromatic nitrogens is 2. The second-order valence-electron chi connectivity index (χ2n) is 5.59. The molecule has 2 rings (SSSR count). The van der Waals surface area contributed by atoms with Crippen LogP contribution in [0, 0.1) is 0 Å². The number of nitrogens with zero attached hydrogens (tertiary/aromatic N) is 2. The van der Waals surface area contributed by atoms with Crippen LogP contribution in [0.4, 0.5) is 0 Å². The summed E-state index contributed by atoms with van der Waals surface area (Å²) in [4.78, 5) is 21.9. The molecule has 1 aromatic heterocycles. The van der Waals surface area contributed by atoms with Gasteiger partial charge in [0.2, 0.25) is 0 Å². The minimum atomic E-state index is 0.0704. The largest absolute Gasteiger partial charge is 0.342 e. The maximum atomic E-state index is 12.3. The number of imidazole rings is 1. The Morgan fingerprint density at radius 2 is 2.15 bits per heavy atom. The lowest BCUT2D eigenvalue weighted by atomic mass is 10.1. The van der Waals surface area contributed by atoms with E-state index in [0.717, 1.165) is 41.8 Å². The summed E-state index contributed by atoms with van der Waals surface area (Å²) in [5, 5.41) is 0. The van der Waals surface area contributed by atoms with E-state index in [1.54, 1.807) is 4.90 Å². The Kier molecular flexibility index (Phi) is 4.42. The van der Waals surface area contributed by atoms with Crippen molar-refractivity contribution in [2.75, 3.05) is 13.6 Å². The van der Waals surface area contributed by atoms with Gasteiger partial charge in [-0.05, 0) is 24.6 Å². The molecule has 0 radical (unpaired) electrons. The SMILES string of the molecule is CCCCN(C)C(=O)c1ccc2nc(C(C)C)[nH]c2c1. The van der Waals surface area contributed by atoms with Crippen LogP contribution in [0.2, 0.25) is 0 Å². The average molecular weight is 273 g/mol. The molecule has 108 valence electrons. The minimum Gasteiger partial charge on any atom is -0.342 e. The predicted octanol–water partition coefficient (Wildman–Crippen LogP) is 3.56. The molecular weight excluding hydrogens is 250 g/mol. The number of hydrogen-bond donors (Lipinski definition) is 1. The van der Waals surface area contributed by atoms with E-state index in [-0.39, 0.29) is 5.91 Å². The smallest absolute Gasteiger partial charge is 0.253 e. The van der Waals surface area contributed by atoms with Crippen LogP contribution in [0.5, 0.6) is 0 Å². The first kappa shape index (κ1) is 14.6. The number of fused-ring (bicyclic) bond motifs is 1. The predicted molar refractivity (Wildman–Crippen MR) is 82.1 cm³/mol. The number of amides is 1. The zero-order valence-electron chi connectivity index (χ0n) is 12.7. The summed E-state index contributed by atoms with van der Waals surface area (Å²) >= 11 is 0. The normalized spacial score (nSPS) is 11.2. The number of carbonyl (C=O) groups is 1. The third kappa shape index (κ3) is 3.00. The van der Waals surface area contributed by atoms with Crippen LogP contribution in [0.1, 0.15) is 55.7 Å². The molecule has 0 bridgehead atoms. The van der Waals surface area contributed by atoms with E-state index in [9.17, 15) is 4.79 Å². The van der Waals surface area contributed by atoms with Gasteiger partial charge in [0, 0.05) is 25.1 Å². The van der Waals surface area contributed by atoms with Crippen LogP contribution in [-0.2, 0) is 0 Å². The zero-order chi connectivity index (χ0) is 14.7. The van der Waals surface area contributed by atoms with E-state index in [0.29, 0.717) is 5.92 Å². The van der Waals surface area contributed by atoms with Crippen LogP contribution in [0.15, 0.2) is 18.2 Å². The van der Waals surface area contributed by atoms with Crippen LogP contribution in [0.25, 0.3) is 11.0 Å². The molecule has 1 N–H and O–H groups in total. The van der Waals surface area contributed by atoms with E-state index >= 15 is 0 Å². The monoisotopic (exact) mass is 273 g/mol. The van der Waals surface area contributed by atoms with Gasteiger partial charge in [-0.25, -0.2) is 4.98 Å². The first-order valence-corrected chi connectivity index (χ1v) is 7.28. The first-order valence-electron chi connectivity index (χ1n) is 7.28. The number of benzene rings is 1. The second-order valence-corrected chi connectivity index (χ2v) is 5.59. The zero-order valence-corrected chi connectivity index (χ0v) is 12.7. The lowest BCUT2D eigenvalue weighted by molar-refractivity contribution is 0.0793. The molecule has 4 heteroatoms. The summed E-state index contributed by atoms with van der Waals surface area (Å²) in [5.41, 5.74) is 2.57. The number of aromatic amines is 1. The fourth-order valence-electron chi connectivity index (χ4n) is 2.15. The molecule has 0 spiro atoms. The Morgan fingerprint density at radius 3 is 2.80 bits per heavy atom. The summed E-state index contributed by atoms with van der Waals surface area (Å²) in [6, 6.07) is 5.68. The molecule has 0 saturated carbocycles. The maximum Gasteiger partial charge on any atom is 0.253 e. The second kappa shape index (κ2) is 6.07. The van der Waals surface area contributed by atoms with Gasteiger partial charge in [0.15, 0.2) is 0 Å². The lowest BCUT2D eigenvalue weighted by Crippen LogP contribution is -2.27. The molecule has 0 aliphatic heterocycles. The van der Waals surface area contributed by atoms with E-state index in [1.165, 1.54) is 0 Å². The van der Waals surface area contributed by atoms with Gasteiger partial charge in [0.05, 0.1) is 11.0 Å². The quantitative estimate of drug-likeness (QED) is 0.905. The van der Waals surface area contributed by atoms with Crippen molar-refractivity contribution in [2.45, 2.75) is 39.5 Å². The van der Waals surface area contributed by atoms with Gasteiger partial charge in [-0.2, -0.15) is 0 Å². The molecule has 0 unspecified atom stereocenters. The molecule has 0 aliphatic carbocycles. The number of rotatable bonds is 5. The highest BCUT2D eigenvalue weighted by molar-refractivity contribution is 5.97. The van der Waals surface area contributed by atoms with Crippen molar-refractivity contribution in [3.8, 4) is 0 Å². The van der Waals surface area contributed by atoms with Gasteiger partial charge in [-0.1, -0.05) is 27.2 Å². The van der Waals surface area contributed by atoms with Gasteiger partial charge in [0.25, 0.3) is 5.91 Å². The summed E-state index contributed by atoms with van der Waals surface area (Å²) in [6.45, 7) is 7.13. The van der Waals surface area contributed by atoms with Crippen molar-refractivity contribution in [3.63, 3.8) is 0 Å². The van der Waals surface area contributed by atoms with E-state index < -0.39 is 0 Å². The molecule has 0 saturated heterocycles. The number of nitrogens with one attached hydrogen (secondary N) is 1. The molecule has 0 atom stereocenters. The lowest BCUT2D eigenvalue weighted by Gasteiger charge is -2.16. The summed E-state index contributed by atoms with van der Waals surface area (Å²) in [7, 11) is 1.86. The van der Waals surface area contributed by atoms with Crippen molar-refractivity contribution in [3.05, 3.63) is 29.6 Å². The van der Waals surface area contributed by atoms with Gasteiger partial charge in [-0.15, -0.1) is 0 Å². The van der Waals surface area contributed by atoms with Crippen molar-refractivity contribution < 1.29 is 4.79 Å². The summed E-state index contributed by atoms with van der Waals surface area (Å²) in [6.07, 6.45) is 2.13. The van der Waals surface area contributed by atoms with Crippen LogP contribution in [-0.4, -0.2) is 34.4 Å². The Hall–Kier alpha value is -1.84. The molecule has 4 nitrogen and oxygen atoms in total. The highest BCUT2D eigenvalue weighted by Crippen LogP contribution is 2.19. The first-order chi connectivity index (χ1) is 9.52. The average Bonchev–Trinajstić information content (AvgIpc) is 2.87. The molecule has 1 heterocycles. The molecular formula is C16H23N3O. The number of carbonyl (C=O) groups excluding carboxylic acids is 1. The fraction of sp³-hybridized carbons (Fsp3) is 0.500. The van der Waals surface area contributed by atoms with Crippen molar-refractivity contribution in [2.24, 2.45) is 0 Å². The minimum absolute atomic E-state index is 0.0704. The Morgan fingerprint density at radius 1 is 1.40 bits per heavy atom. The summed E-state index contributed by atoms with van der Waals surface area (Å²) in [5.74, 6) is 1.39. The van der Waals surface area contributed by atoms with Gasteiger partial charge in [0.1, 0.15) is 5.82 Å². The molecule has 2 aromatic rings. The Labute approximate surface area is 120 Å². The van der Waals surface area contributed by atoms with Crippen molar-refractivity contribution in [1.29, 1.82) is 0 Å². The van der Waals surface area contributed by atoms with Gasteiger partial charge in [-0.3, -0.25) is 4.79 Å². The topological polar surface area (TPSA) is 49.0 Å². The molecule has 1 amide bonds. The van der Waals surface area contributed by atoms with Crippen LogP contribution in [0.3, 0.4) is 0 Å². The Balaban J connectivity index is 2.24. The number of hydrogen-bond acceptors (Lipinski definition) is 2. The van der Waals surface area contributed by atoms with Crippen LogP contribution < -0.4 is 0 Å². The van der Waals surface area contributed by atoms with Gasteiger partial charge >= 0.3 is 0 Å². The molecule has 0 fully saturated rings. The highest BCUT2D eigenvalue weighted by atomic mass is 16.2. The highest BCUT2D eigenvalue weighted by Gasteiger charge is 2.13. The molecule has 1 aromatic carbocycles. The summed E-state index contributed by atoms with van der Waals surface area (Å²) < 4.78 is 0. The molecule has 20 heavy (non-hydrogen) atoms. The number of unbranched alkanes of at least 4 members (excludes halogenated alkanes) is 1. The standard InChI is InChI=1S/C16H23N3O/c1-5-6-9-19(4)16(20)12-7-8-13-14(10-12)18-15(17-13)11(2)3/h7-8,10-11H,5-6,9H2,1-4H3,(H,17,18). The maximum absolute atomic E-state index is 12.3. The van der Waals surface area contributed by atoms with Gasteiger partial charge < -0.3 is 9.88 Å². The van der Waals surface area contributed by atoms with Crippen molar-refractivity contribution >= 4 is 16.9 Å². The van der Waals surface area contributed by atoms with E-state index in [4.69, 9.17) is 0 Å². The third-order valence-electron chi connectivity index (χ3n) is 3.49. The van der Waals surface area contributed by atoms with Crippen molar-refractivity contribution in [1.82, 2.24) is 14.9 Å². The fourth-order valence-corrected chi connectivity index (χ4v) is 2.15. The molecule has 0 aliphatic rings. The third-order valence-corrected chi connectivity index (χ3v) is 3.49. The number of H-pyrrole nitrogens is 1. The van der Waals surface area contributed by atoms with E-state index in [1.807, 2.05) is 25.2 Å². The van der Waals surface area contributed by atoms with E-state index in [2.05, 4.69) is 30.7 Å². The Bertz CT molecular complexity index is 601.